The SMILES string of the molecule is CCCCCCCCCC(=O)OCCCCCCCN(CCCCCCCC(=O)OC(CCCCCCCC)CCCCCCCC)CCCN/C(=C/[N+](=O)[O-])NC. The fourth-order valence-corrected chi connectivity index (χ4v) is 7.56. The van der Waals surface area contributed by atoms with Crippen molar-refractivity contribution in [2.24, 2.45) is 0 Å². The summed E-state index contributed by atoms with van der Waals surface area (Å²) in [7, 11) is 1.68. The Morgan fingerprint density at radius 2 is 0.983 bits per heavy atom. The topological polar surface area (TPSA) is 123 Å². The molecule has 0 aliphatic carbocycles. The molecule has 0 atom stereocenters. The normalized spacial score (nSPS) is 11.7. The van der Waals surface area contributed by atoms with E-state index in [9.17, 15) is 19.7 Å². The van der Waals surface area contributed by atoms with Gasteiger partial charge in [0.2, 0.25) is 0 Å². The van der Waals surface area contributed by atoms with Crippen LogP contribution in [0.25, 0.3) is 0 Å². The van der Waals surface area contributed by atoms with Crippen LogP contribution in [0.3, 0.4) is 0 Å². The molecule has 0 fully saturated rings. The average Bonchev–Trinajstić information content (AvgIpc) is 3.21. The molecule has 0 aromatic carbocycles. The van der Waals surface area contributed by atoms with Gasteiger partial charge in [-0.3, -0.25) is 19.7 Å². The maximum absolute atomic E-state index is 12.8. The summed E-state index contributed by atoms with van der Waals surface area (Å²) in [5.74, 6) is 0.379. The quantitative estimate of drug-likeness (QED) is 0.0267. The van der Waals surface area contributed by atoms with Gasteiger partial charge < -0.3 is 25.0 Å². The Balaban J connectivity index is 4.47. The third-order valence-corrected chi connectivity index (χ3v) is 11.2. The van der Waals surface area contributed by atoms with Crippen LogP contribution in [-0.4, -0.2) is 67.7 Å². The number of carbonyl (C=O) groups excluding carboxylic acids is 2. The van der Waals surface area contributed by atoms with Crippen molar-refractivity contribution < 1.29 is 24.0 Å². The predicted octanol–water partition coefficient (Wildman–Crippen LogP) is 13.0. The van der Waals surface area contributed by atoms with E-state index in [1.807, 2.05) is 0 Å². The molecule has 0 saturated heterocycles. The zero-order chi connectivity index (χ0) is 42.6. The van der Waals surface area contributed by atoms with Crippen LogP contribution in [0.1, 0.15) is 239 Å². The second-order valence-electron chi connectivity index (χ2n) is 16.8. The van der Waals surface area contributed by atoms with Gasteiger partial charge in [-0.1, -0.05) is 162 Å². The molecular weight excluding hydrogens is 729 g/mol. The molecule has 342 valence electrons. The zero-order valence-electron chi connectivity index (χ0n) is 38.6. The number of rotatable bonds is 46. The van der Waals surface area contributed by atoms with Crippen molar-refractivity contribution in [1.82, 2.24) is 15.5 Å². The van der Waals surface area contributed by atoms with Gasteiger partial charge in [-0.15, -0.1) is 0 Å². The summed E-state index contributed by atoms with van der Waals surface area (Å²) in [6, 6.07) is 0. The Bertz CT molecular complexity index is 948. The molecule has 10 heteroatoms. The fourth-order valence-electron chi connectivity index (χ4n) is 7.56. The van der Waals surface area contributed by atoms with E-state index in [0.29, 0.717) is 31.8 Å². The van der Waals surface area contributed by atoms with Gasteiger partial charge in [-0.2, -0.15) is 0 Å². The Kier molecular flexibility index (Phi) is 42.4. The van der Waals surface area contributed by atoms with Crippen molar-refractivity contribution in [1.29, 1.82) is 0 Å². The first-order valence-electron chi connectivity index (χ1n) is 24.7. The van der Waals surface area contributed by atoms with Crippen molar-refractivity contribution in [3.63, 3.8) is 0 Å². The monoisotopic (exact) mass is 823 g/mol. The standard InChI is InChI=1S/C48H94N4O6/c1-5-8-11-14-17-22-29-37-47(53)57-43-33-26-19-25-32-41-51(42-34-39-50-46(49-4)44-52(55)56)40-31-24-18-23-30-38-48(54)58-45(35-27-20-15-12-9-6-2)36-28-21-16-13-10-7-3/h44-45,49-50H,5-43H2,1-4H3/b46-44+. The number of hydrogen-bond donors (Lipinski definition) is 2. The summed E-state index contributed by atoms with van der Waals surface area (Å²) < 4.78 is 11.5. The molecule has 0 unspecified atom stereocenters. The number of nitrogens with one attached hydrogen (secondary N) is 2. The second kappa shape index (κ2) is 44.2. The van der Waals surface area contributed by atoms with E-state index in [2.05, 4.69) is 36.3 Å². The van der Waals surface area contributed by atoms with Crippen LogP contribution < -0.4 is 10.6 Å². The van der Waals surface area contributed by atoms with Crippen molar-refractivity contribution in [2.45, 2.75) is 245 Å². The van der Waals surface area contributed by atoms with Crippen LogP contribution >= 0.6 is 0 Å². The lowest BCUT2D eigenvalue weighted by atomic mass is 10.0. The fraction of sp³-hybridized carbons (Fsp3) is 0.917. The maximum Gasteiger partial charge on any atom is 0.306 e. The summed E-state index contributed by atoms with van der Waals surface area (Å²) in [5, 5.41) is 16.9. The molecule has 0 amide bonds. The number of esters is 2. The molecule has 2 N–H and O–H groups in total. The Morgan fingerprint density at radius 1 is 0.569 bits per heavy atom. The number of hydrogen-bond acceptors (Lipinski definition) is 9. The highest BCUT2D eigenvalue weighted by Gasteiger charge is 2.14. The van der Waals surface area contributed by atoms with Crippen molar-refractivity contribution in [3.8, 4) is 0 Å². The smallest absolute Gasteiger partial charge is 0.306 e. The molecule has 0 aromatic rings. The molecule has 10 nitrogen and oxygen atoms in total. The number of nitrogens with zero attached hydrogens (tertiary/aromatic N) is 2. The lowest BCUT2D eigenvalue weighted by molar-refractivity contribution is -0.404. The molecule has 0 rings (SSSR count). The van der Waals surface area contributed by atoms with Gasteiger partial charge in [0.15, 0.2) is 5.82 Å². The molecule has 0 heterocycles. The van der Waals surface area contributed by atoms with E-state index < -0.39 is 4.92 Å². The number of nitro groups is 1. The second-order valence-corrected chi connectivity index (χ2v) is 16.8. The molecular formula is C48H94N4O6. The summed E-state index contributed by atoms with van der Waals surface area (Å²) in [5.41, 5.74) is 0. The van der Waals surface area contributed by atoms with E-state index in [0.717, 1.165) is 122 Å². The third kappa shape index (κ3) is 40.4. The highest BCUT2D eigenvalue weighted by molar-refractivity contribution is 5.69. The van der Waals surface area contributed by atoms with E-state index >= 15 is 0 Å². The molecule has 0 saturated carbocycles. The van der Waals surface area contributed by atoms with Gasteiger partial charge in [-0.05, 0) is 83.8 Å². The predicted molar refractivity (Wildman–Crippen MR) is 243 cm³/mol. The lowest BCUT2D eigenvalue weighted by Gasteiger charge is -2.22. The number of ether oxygens (including phenoxy) is 2. The summed E-state index contributed by atoms with van der Waals surface area (Å²) >= 11 is 0. The van der Waals surface area contributed by atoms with Gasteiger partial charge in [0.1, 0.15) is 6.10 Å². The van der Waals surface area contributed by atoms with Crippen LogP contribution in [0.2, 0.25) is 0 Å². The largest absolute Gasteiger partial charge is 0.466 e. The molecule has 0 aromatic heterocycles. The van der Waals surface area contributed by atoms with Crippen molar-refractivity contribution >= 4 is 11.9 Å². The van der Waals surface area contributed by atoms with Crippen LogP contribution in [0.4, 0.5) is 0 Å². The maximum atomic E-state index is 12.8. The first-order valence-corrected chi connectivity index (χ1v) is 24.7. The van der Waals surface area contributed by atoms with Crippen LogP contribution in [0, 0.1) is 10.1 Å². The van der Waals surface area contributed by atoms with E-state index in [4.69, 9.17) is 9.47 Å². The minimum absolute atomic E-state index is 0.00365. The summed E-state index contributed by atoms with van der Waals surface area (Å²) in [6.07, 6.45) is 39.6. The Hall–Kier alpha value is -2.36. The molecule has 58 heavy (non-hydrogen) atoms. The summed E-state index contributed by atoms with van der Waals surface area (Å²) in [4.78, 5) is 37.8. The van der Waals surface area contributed by atoms with Crippen molar-refractivity contribution in [2.75, 3.05) is 39.8 Å². The van der Waals surface area contributed by atoms with E-state index in [-0.39, 0.29) is 18.0 Å². The van der Waals surface area contributed by atoms with Crippen LogP contribution in [-0.2, 0) is 19.1 Å². The highest BCUT2D eigenvalue weighted by Crippen LogP contribution is 2.19. The van der Waals surface area contributed by atoms with Crippen LogP contribution in [0.5, 0.6) is 0 Å². The van der Waals surface area contributed by atoms with Crippen molar-refractivity contribution in [3.05, 3.63) is 22.1 Å². The summed E-state index contributed by atoms with van der Waals surface area (Å²) in [6.45, 7) is 11.0. The van der Waals surface area contributed by atoms with Gasteiger partial charge in [0, 0.05) is 26.4 Å². The van der Waals surface area contributed by atoms with E-state index in [1.165, 1.54) is 109 Å². The first kappa shape index (κ1) is 55.6. The molecule has 0 spiro atoms. The molecule has 0 aliphatic heterocycles. The van der Waals surface area contributed by atoms with E-state index in [1.54, 1.807) is 7.05 Å². The Morgan fingerprint density at radius 3 is 1.47 bits per heavy atom. The zero-order valence-corrected chi connectivity index (χ0v) is 38.6. The van der Waals surface area contributed by atoms with Gasteiger partial charge >= 0.3 is 11.9 Å². The third-order valence-electron chi connectivity index (χ3n) is 11.2. The minimum Gasteiger partial charge on any atom is -0.466 e. The number of unbranched alkanes of at least 4 members (excludes halogenated alkanes) is 24. The molecule has 0 radical (unpaired) electrons. The first-order chi connectivity index (χ1) is 28.4. The Labute approximate surface area is 357 Å². The molecule has 0 aliphatic rings. The van der Waals surface area contributed by atoms with Gasteiger partial charge in [0.05, 0.1) is 11.5 Å². The number of carbonyl (C=O) groups is 2. The average molecular weight is 823 g/mol. The van der Waals surface area contributed by atoms with Gasteiger partial charge in [-0.25, -0.2) is 0 Å². The van der Waals surface area contributed by atoms with Crippen LogP contribution in [0.15, 0.2) is 12.0 Å². The van der Waals surface area contributed by atoms with Gasteiger partial charge in [0.25, 0.3) is 6.20 Å². The molecule has 0 bridgehead atoms. The minimum atomic E-state index is -0.444. The lowest BCUT2D eigenvalue weighted by Crippen LogP contribution is -2.31. The highest BCUT2D eigenvalue weighted by atomic mass is 16.6.